The van der Waals surface area contributed by atoms with E-state index in [0.29, 0.717) is 10.2 Å². The molecule has 30 heavy (non-hydrogen) atoms. The first-order valence-electron chi connectivity index (χ1n) is 7.56. The molecule has 0 unspecified atom stereocenters. The zero-order chi connectivity index (χ0) is 23.1. The topological polar surface area (TPSA) is 87.6 Å². The van der Waals surface area contributed by atoms with Crippen LogP contribution in [-0.4, -0.2) is 30.5 Å². The Hall–Kier alpha value is -2.22. The molecule has 14 heteroatoms. The maximum Gasteiger partial charge on any atom is 0.422 e. The maximum atomic E-state index is 11.8. The number of nitro groups is 1. The monoisotopic (exact) mass is 568 g/mol. The second kappa shape index (κ2) is 10.7. The van der Waals surface area contributed by atoms with Crippen LogP contribution in [0.2, 0.25) is 0 Å². The van der Waals surface area contributed by atoms with E-state index < -0.39 is 30.5 Å². The van der Waals surface area contributed by atoms with Crippen molar-refractivity contribution >= 4 is 43.2 Å². The van der Waals surface area contributed by atoms with Gasteiger partial charge in [-0.2, -0.15) is 26.3 Å². The number of alkyl halides is 6. The minimum atomic E-state index is -4.44. The second-order valence-electron chi connectivity index (χ2n) is 5.37. The van der Waals surface area contributed by atoms with Gasteiger partial charge in [0.1, 0.15) is 11.5 Å². The molecule has 166 valence electrons. The highest BCUT2D eigenvalue weighted by molar-refractivity contribution is 9.10. The zero-order valence-electron chi connectivity index (χ0n) is 14.6. The average molecular weight is 570 g/mol. The zero-order valence-corrected chi connectivity index (χ0v) is 17.7. The molecule has 6 nitrogen and oxygen atoms in total. The second-order valence-corrected chi connectivity index (χ2v) is 7.08. The van der Waals surface area contributed by atoms with Crippen molar-refractivity contribution < 1.29 is 40.7 Å². The predicted octanol–water partition coefficient (Wildman–Crippen LogP) is 6.27. The molecule has 0 aliphatic heterocycles. The summed E-state index contributed by atoms with van der Waals surface area (Å²) < 4.78 is 80.3. The molecule has 0 bridgehead atoms. The Labute approximate surface area is 182 Å². The first-order valence-corrected chi connectivity index (χ1v) is 9.14. The van der Waals surface area contributed by atoms with Crippen LogP contribution < -0.4 is 15.2 Å². The van der Waals surface area contributed by atoms with Crippen molar-refractivity contribution in [2.24, 2.45) is 0 Å². The highest BCUT2D eigenvalue weighted by Crippen LogP contribution is 2.30. The van der Waals surface area contributed by atoms with Crippen molar-refractivity contribution in [2.45, 2.75) is 12.4 Å². The largest absolute Gasteiger partial charge is 0.483 e. The number of nitrogen functional groups attached to an aromatic ring is 1. The minimum absolute atomic E-state index is 0.0945. The number of rotatable bonds is 5. The third kappa shape index (κ3) is 10.0. The van der Waals surface area contributed by atoms with Gasteiger partial charge in [0.15, 0.2) is 13.2 Å². The number of hydrogen-bond acceptors (Lipinski definition) is 5. The number of non-ortho nitro benzene ring substituents is 1. The number of hydrogen-bond donors (Lipinski definition) is 1. The van der Waals surface area contributed by atoms with Gasteiger partial charge in [-0.1, -0.05) is 0 Å². The summed E-state index contributed by atoms with van der Waals surface area (Å²) >= 11 is 5.93. The fourth-order valence-corrected chi connectivity index (χ4v) is 2.67. The smallest absolute Gasteiger partial charge is 0.422 e. The Bertz CT molecular complexity index is 878. The van der Waals surface area contributed by atoms with Crippen LogP contribution in [-0.2, 0) is 0 Å². The quantitative estimate of drug-likeness (QED) is 0.198. The summed E-state index contributed by atoms with van der Waals surface area (Å²) in [5.41, 5.74) is 5.63. The summed E-state index contributed by atoms with van der Waals surface area (Å²) in [6, 6.07) is 7.57. The number of benzene rings is 2. The van der Waals surface area contributed by atoms with Gasteiger partial charge in [-0.05, 0) is 56.1 Å². The third-order valence-corrected chi connectivity index (χ3v) is 4.10. The van der Waals surface area contributed by atoms with Crippen LogP contribution >= 0.6 is 31.9 Å². The lowest BCUT2D eigenvalue weighted by molar-refractivity contribution is -0.385. The van der Waals surface area contributed by atoms with E-state index in [2.05, 4.69) is 41.3 Å². The Kier molecular flexibility index (Phi) is 9.21. The van der Waals surface area contributed by atoms with Crippen LogP contribution in [0.3, 0.4) is 0 Å². The molecule has 0 amide bonds. The fraction of sp³-hybridized carbons (Fsp3) is 0.250. The molecule has 2 aromatic rings. The molecular formula is C16H12Br2F6N2O4. The minimum Gasteiger partial charge on any atom is -0.483 e. The van der Waals surface area contributed by atoms with Gasteiger partial charge < -0.3 is 15.2 Å². The van der Waals surface area contributed by atoms with E-state index in [1.807, 2.05) is 0 Å². The molecule has 0 saturated carbocycles. The summed E-state index contributed by atoms with van der Waals surface area (Å²) in [5.74, 6) is 0.0273. The molecule has 0 heterocycles. The summed E-state index contributed by atoms with van der Waals surface area (Å²) in [5, 5.41) is 10.3. The Morgan fingerprint density at radius 2 is 1.30 bits per heavy atom. The van der Waals surface area contributed by atoms with Gasteiger partial charge in [0.2, 0.25) is 0 Å². The van der Waals surface area contributed by atoms with E-state index >= 15 is 0 Å². The molecule has 0 aromatic heterocycles. The van der Waals surface area contributed by atoms with E-state index in [-0.39, 0.29) is 21.7 Å². The first-order chi connectivity index (χ1) is 13.7. The number of nitrogens with two attached hydrogens (primary N) is 1. The van der Waals surface area contributed by atoms with E-state index in [1.165, 1.54) is 18.2 Å². The molecular weight excluding hydrogens is 558 g/mol. The normalized spacial score (nSPS) is 11.3. The first kappa shape index (κ1) is 25.8. The molecule has 2 rings (SSSR count). The predicted molar refractivity (Wildman–Crippen MR) is 102 cm³/mol. The van der Waals surface area contributed by atoms with Crippen molar-refractivity contribution in [3.63, 3.8) is 0 Å². The van der Waals surface area contributed by atoms with Gasteiger partial charge >= 0.3 is 12.4 Å². The van der Waals surface area contributed by atoms with Gasteiger partial charge in [0.05, 0.1) is 13.9 Å². The van der Waals surface area contributed by atoms with Crippen molar-refractivity contribution in [3.05, 3.63) is 55.5 Å². The lowest BCUT2D eigenvalue weighted by Gasteiger charge is -2.10. The van der Waals surface area contributed by atoms with E-state index in [0.717, 1.165) is 18.2 Å². The molecule has 0 spiro atoms. The Balaban J connectivity index is 0.000000303. The van der Waals surface area contributed by atoms with E-state index in [9.17, 15) is 36.5 Å². The van der Waals surface area contributed by atoms with Gasteiger partial charge in [0.25, 0.3) is 5.69 Å². The molecule has 2 N–H and O–H groups in total. The fourth-order valence-electron chi connectivity index (χ4n) is 1.67. The molecule has 0 saturated heterocycles. The number of nitro benzene ring substituents is 1. The Morgan fingerprint density at radius 3 is 1.67 bits per heavy atom. The molecule has 0 aliphatic rings. The SMILES string of the molecule is Nc1ccc(OCC(F)(F)F)c(Br)c1.O=[N+]([O-])c1ccc(OCC(F)(F)F)c(Br)c1. The van der Waals surface area contributed by atoms with Gasteiger partial charge in [-0.15, -0.1) is 0 Å². The van der Waals surface area contributed by atoms with Crippen LogP contribution in [0.4, 0.5) is 37.7 Å². The van der Waals surface area contributed by atoms with Crippen molar-refractivity contribution in [3.8, 4) is 11.5 Å². The molecule has 2 aromatic carbocycles. The van der Waals surface area contributed by atoms with Gasteiger partial charge in [-0.25, -0.2) is 0 Å². The number of nitrogens with zero attached hydrogens (tertiary/aromatic N) is 1. The Morgan fingerprint density at radius 1 is 0.867 bits per heavy atom. The lowest BCUT2D eigenvalue weighted by atomic mass is 10.3. The number of anilines is 1. The average Bonchev–Trinajstić information content (AvgIpc) is 2.58. The highest BCUT2D eigenvalue weighted by atomic mass is 79.9. The van der Waals surface area contributed by atoms with Crippen molar-refractivity contribution in [2.75, 3.05) is 18.9 Å². The summed E-state index contributed by atoms with van der Waals surface area (Å²) in [6.07, 6.45) is -8.78. The van der Waals surface area contributed by atoms with Crippen LogP contribution in [0.15, 0.2) is 45.3 Å². The van der Waals surface area contributed by atoms with Crippen molar-refractivity contribution in [1.29, 1.82) is 0 Å². The molecule has 0 fully saturated rings. The van der Waals surface area contributed by atoms with Crippen LogP contribution in [0, 0.1) is 10.1 Å². The molecule has 0 aliphatic carbocycles. The summed E-state index contributed by atoms with van der Waals surface area (Å²) in [7, 11) is 0. The third-order valence-electron chi connectivity index (χ3n) is 2.86. The van der Waals surface area contributed by atoms with Crippen LogP contribution in [0.25, 0.3) is 0 Å². The summed E-state index contributed by atoms with van der Waals surface area (Å²) in [4.78, 5) is 9.69. The summed E-state index contributed by atoms with van der Waals surface area (Å²) in [6.45, 7) is -2.75. The maximum absolute atomic E-state index is 11.8. The highest BCUT2D eigenvalue weighted by Gasteiger charge is 2.29. The number of halogens is 8. The van der Waals surface area contributed by atoms with Gasteiger partial charge in [-0.3, -0.25) is 10.1 Å². The lowest BCUT2D eigenvalue weighted by Crippen LogP contribution is -2.19. The molecule has 0 atom stereocenters. The standard InChI is InChI=1S/C8H5BrF3NO3.C8H7BrF3NO/c9-6-3-5(13(14)15)1-2-7(6)16-4-8(10,11)12;9-6-3-5(13)1-2-7(6)14-4-8(10,11)12/h1-3H,4H2;1-3H,4,13H2. The molecule has 0 radical (unpaired) electrons. The van der Waals surface area contributed by atoms with Crippen LogP contribution in [0.1, 0.15) is 0 Å². The van der Waals surface area contributed by atoms with Crippen LogP contribution in [0.5, 0.6) is 11.5 Å². The van der Waals surface area contributed by atoms with E-state index in [4.69, 9.17) is 5.73 Å². The van der Waals surface area contributed by atoms with Crippen molar-refractivity contribution in [1.82, 2.24) is 0 Å². The van der Waals surface area contributed by atoms with Gasteiger partial charge in [0, 0.05) is 17.8 Å². The van der Waals surface area contributed by atoms with E-state index in [1.54, 1.807) is 0 Å². The number of ether oxygens (including phenoxy) is 2.